The normalized spacial score (nSPS) is 12.3. The van der Waals surface area contributed by atoms with Gasteiger partial charge in [-0.25, -0.2) is 8.42 Å². The van der Waals surface area contributed by atoms with Crippen LogP contribution in [-0.2, 0) is 26.2 Å². The van der Waals surface area contributed by atoms with Crippen molar-refractivity contribution >= 4 is 32.6 Å². The fraction of sp³-hybridized carbons (Fsp3) is 0.217. The highest BCUT2D eigenvalue weighted by atomic mass is 32.2. The maximum Gasteiger partial charge on any atom is 0.241 e. The van der Waals surface area contributed by atoms with E-state index in [1.165, 1.54) is 19.2 Å². The standard InChI is InChI=1S/C23H25N3O5S/c1-31-21-9-5-4-8-18(21)15-25-23(28)20(12-13-22(24)27)26-32(29,30)19-11-10-16-6-2-3-7-17(16)14-19/h2-11,14,20,26H,12-13,15H2,1H3,(H2,24,27)(H,25,28)/t20-/m0/s1. The van der Waals surface area contributed by atoms with E-state index in [4.69, 9.17) is 10.5 Å². The topological polar surface area (TPSA) is 128 Å². The molecule has 3 rings (SSSR count). The lowest BCUT2D eigenvalue weighted by Gasteiger charge is -2.19. The summed E-state index contributed by atoms with van der Waals surface area (Å²) < 4.78 is 33.6. The molecule has 0 saturated heterocycles. The molecule has 3 aromatic carbocycles. The first-order chi connectivity index (χ1) is 15.3. The van der Waals surface area contributed by atoms with Crippen molar-refractivity contribution in [2.75, 3.05) is 7.11 Å². The summed E-state index contributed by atoms with van der Waals surface area (Å²) in [6, 6.07) is 18.0. The molecular formula is C23H25N3O5S. The number of ether oxygens (including phenoxy) is 1. The second-order valence-corrected chi connectivity index (χ2v) is 8.93. The van der Waals surface area contributed by atoms with Gasteiger partial charge in [-0.15, -0.1) is 0 Å². The van der Waals surface area contributed by atoms with E-state index in [0.717, 1.165) is 16.3 Å². The number of hydrogen-bond donors (Lipinski definition) is 3. The molecular weight excluding hydrogens is 430 g/mol. The van der Waals surface area contributed by atoms with Gasteiger partial charge in [0, 0.05) is 18.5 Å². The number of carbonyl (C=O) groups excluding carboxylic acids is 2. The minimum absolute atomic E-state index is 0.0257. The number of para-hydroxylation sites is 1. The molecule has 3 aromatic rings. The van der Waals surface area contributed by atoms with Crippen molar-refractivity contribution in [3.8, 4) is 5.75 Å². The van der Waals surface area contributed by atoms with Crippen LogP contribution in [0.4, 0.5) is 0 Å². The van der Waals surface area contributed by atoms with Crippen molar-refractivity contribution < 1.29 is 22.7 Å². The summed E-state index contributed by atoms with van der Waals surface area (Å²) in [5.74, 6) is -0.600. The molecule has 0 aliphatic rings. The third-order valence-electron chi connectivity index (χ3n) is 4.97. The Morgan fingerprint density at radius 2 is 1.69 bits per heavy atom. The highest BCUT2D eigenvalue weighted by Crippen LogP contribution is 2.20. The summed E-state index contributed by atoms with van der Waals surface area (Å²) in [5.41, 5.74) is 5.95. The lowest BCUT2D eigenvalue weighted by Crippen LogP contribution is -2.46. The molecule has 0 saturated carbocycles. The molecule has 9 heteroatoms. The Bertz CT molecular complexity index is 1230. The number of nitrogens with two attached hydrogens (primary N) is 1. The fourth-order valence-corrected chi connectivity index (χ4v) is 4.54. The minimum atomic E-state index is -4.03. The number of amides is 2. The molecule has 0 aliphatic carbocycles. The summed E-state index contributed by atoms with van der Waals surface area (Å²) in [6.45, 7) is 0.133. The van der Waals surface area contributed by atoms with Gasteiger partial charge in [0.15, 0.2) is 0 Å². The molecule has 32 heavy (non-hydrogen) atoms. The molecule has 0 spiro atoms. The Labute approximate surface area is 186 Å². The molecule has 0 bridgehead atoms. The van der Waals surface area contributed by atoms with Crippen LogP contribution in [0.15, 0.2) is 71.6 Å². The lowest BCUT2D eigenvalue weighted by atomic mass is 10.1. The van der Waals surface area contributed by atoms with Crippen molar-refractivity contribution in [3.05, 3.63) is 72.3 Å². The van der Waals surface area contributed by atoms with Crippen molar-refractivity contribution in [1.82, 2.24) is 10.0 Å². The monoisotopic (exact) mass is 455 g/mol. The molecule has 4 N–H and O–H groups in total. The molecule has 0 radical (unpaired) electrons. The quantitative estimate of drug-likeness (QED) is 0.431. The lowest BCUT2D eigenvalue weighted by molar-refractivity contribution is -0.123. The average Bonchev–Trinajstić information content (AvgIpc) is 2.79. The summed E-state index contributed by atoms with van der Waals surface area (Å²) in [4.78, 5) is 24.1. The zero-order valence-electron chi connectivity index (χ0n) is 17.6. The number of rotatable bonds is 10. The molecule has 1 atom stereocenters. The number of fused-ring (bicyclic) bond motifs is 1. The average molecular weight is 456 g/mol. The van der Waals surface area contributed by atoms with Gasteiger partial charge in [0.25, 0.3) is 0 Å². The van der Waals surface area contributed by atoms with Gasteiger partial charge in [0.05, 0.1) is 12.0 Å². The molecule has 0 aliphatic heterocycles. The number of methoxy groups -OCH3 is 1. The Morgan fingerprint density at radius 1 is 1.00 bits per heavy atom. The van der Waals surface area contributed by atoms with E-state index in [1.807, 2.05) is 18.2 Å². The van der Waals surface area contributed by atoms with Gasteiger partial charge in [0.2, 0.25) is 21.8 Å². The van der Waals surface area contributed by atoms with Gasteiger partial charge in [0.1, 0.15) is 11.8 Å². The highest BCUT2D eigenvalue weighted by Gasteiger charge is 2.26. The number of sulfonamides is 1. The Kier molecular flexibility index (Phi) is 7.45. The maximum atomic E-state index is 13.0. The molecule has 0 unspecified atom stereocenters. The second kappa shape index (κ2) is 10.3. The van der Waals surface area contributed by atoms with E-state index in [-0.39, 0.29) is 24.3 Å². The van der Waals surface area contributed by atoms with E-state index >= 15 is 0 Å². The van der Waals surface area contributed by atoms with Crippen molar-refractivity contribution in [3.63, 3.8) is 0 Å². The number of carbonyl (C=O) groups is 2. The number of nitrogens with one attached hydrogen (secondary N) is 2. The zero-order valence-corrected chi connectivity index (χ0v) is 18.4. The van der Waals surface area contributed by atoms with Crippen LogP contribution in [0.2, 0.25) is 0 Å². The van der Waals surface area contributed by atoms with Crippen LogP contribution in [0.3, 0.4) is 0 Å². The summed E-state index contributed by atoms with van der Waals surface area (Å²) >= 11 is 0. The van der Waals surface area contributed by atoms with Gasteiger partial charge in [-0.05, 0) is 35.4 Å². The van der Waals surface area contributed by atoms with E-state index in [0.29, 0.717) is 5.75 Å². The largest absolute Gasteiger partial charge is 0.496 e. The smallest absolute Gasteiger partial charge is 0.241 e. The summed E-state index contributed by atoms with van der Waals surface area (Å²) in [5, 5.41) is 4.35. The molecule has 0 aromatic heterocycles. The first-order valence-corrected chi connectivity index (χ1v) is 11.5. The van der Waals surface area contributed by atoms with Crippen LogP contribution in [0, 0.1) is 0 Å². The first kappa shape index (κ1) is 23.2. The number of primary amides is 1. The highest BCUT2D eigenvalue weighted by molar-refractivity contribution is 7.89. The van der Waals surface area contributed by atoms with Crippen LogP contribution in [0.25, 0.3) is 10.8 Å². The SMILES string of the molecule is COc1ccccc1CNC(=O)[C@H](CCC(N)=O)NS(=O)(=O)c1ccc2ccccc2c1. The predicted octanol–water partition coefficient (Wildman–Crippen LogP) is 2.08. The Morgan fingerprint density at radius 3 is 2.41 bits per heavy atom. The van der Waals surface area contributed by atoms with E-state index in [9.17, 15) is 18.0 Å². The molecule has 0 fully saturated rings. The van der Waals surface area contributed by atoms with Gasteiger partial charge in [-0.1, -0.05) is 48.5 Å². The fourth-order valence-electron chi connectivity index (χ4n) is 3.27. The predicted molar refractivity (Wildman–Crippen MR) is 121 cm³/mol. The molecule has 8 nitrogen and oxygen atoms in total. The molecule has 2 amide bonds. The third-order valence-corrected chi connectivity index (χ3v) is 6.44. The summed E-state index contributed by atoms with van der Waals surface area (Å²) in [6.07, 6.45) is -0.215. The number of benzene rings is 3. The third kappa shape index (κ3) is 5.83. The van der Waals surface area contributed by atoms with Crippen molar-refractivity contribution in [2.24, 2.45) is 5.73 Å². The number of hydrogen-bond acceptors (Lipinski definition) is 5. The zero-order chi connectivity index (χ0) is 23.1. The van der Waals surface area contributed by atoms with Gasteiger partial charge in [-0.2, -0.15) is 4.72 Å². The maximum absolute atomic E-state index is 13.0. The second-order valence-electron chi connectivity index (χ2n) is 7.22. The van der Waals surface area contributed by atoms with Gasteiger partial charge < -0.3 is 15.8 Å². The molecule has 0 heterocycles. The van der Waals surface area contributed by atoms with E-state index < -0.39 is 27.9 Å². The van der Waals surface area contributed by atoms with E-state index in [1.54, 1.807) is 36.4 Å². The molecule has 168 valence electrons. The van der Waals surface area contributed by atoms with E-state index in [2.05, 4.69) is 10.0 Å². The van der Waals surface area contributed by atoms with Crippen LogP contribution >= 0.6 is 0 Å². The van der Waals surface area contributed by atoms with Crippen LogP contribution < -0.4 is 20.5 Å². The van der Waals surface area contributed by atoms with Crippen LogP contribution in [0.5, 0.6) is 5.75 Å². The minimum Gasteiger partial charge on any atom is -0.496 e. The van der Waals surface area contributed by atoms with Gasteiger partial charge >= 0.3 is 0 Å². The van der Waals surface area contributed by atoms with Crippen LogP contribution in [-0.4, -0.2) is 33.4 Å². The summed E-state index contributed by atoms with van der Waals surface area (Å²) in [7, 11) is -2.51. The van der Waals surface area contributed by atoms with Gasteiger partial charge in [-0.3, -0.25) is 9.59 Å². The van der Waals surface area contributed by atoms with Crippen LogP contribution in [0.1, 0.15) is 18.4 Å². The van der Waals surface area contributed by atoms with Crippen molar-refractivity contribution in [2.45, 2.75) is 30.3 Å². The van der Waals surface area contributed by atoms with Crippen molar-refractivity contribution in [1.29, 1.82) is 0 Å². The Balaban J connectivity index is 1.78. The Hall–Kier alpha value is -3.43. The first-order valence-electron chi connectivity index (χ1n) is 9.99.